The topological polar surface area (TPSA) is 3.24 Å². The maximum Gasteiger partial charge on any atom is 0.109 e. The summed E-state index contributed by atoms with van der Waals surface area (Å²) in [6.07, 6.45) is 0. The molecule has 0 aliphatic carbocycles. The zero-order valence-corrected chi connectivity index (χ0v) is 10.7. The Balaban J connectivity index is 2.06. The summed E-state index contributed by atoms with van der Waals surface area (Å²) in [6.45, 7) is 0.842. The normalized spacial score (nSPS) is 9.94. The molecule has 0 heterocycles. The maximum absolute atomic E-state index is 5.47. The number of hydrogen-bond acceptors (Lipinski definition) is 1. The van der Waals surface area contributed by atoms with Crippen LogP contribution in [0.1, 0.15) is 11.1 Å². The van der Waals surface area contributed by atoms with E-state index in [1.54, 1.807) is 0 Å². The summed E-state index contributed by atoms with van der Waals surface area (Å²) in [6, 6.07) is 20.5. The van der Waals surface area contributed by atoms with Gasteiger partial charge in [0.15, 0.2) is 0 Å². The summed E-state index contributed by atoms with van der Waals surface area (Å²) in [5.74, 6) is 0. The lowest BCUT2D eigenvalue weighted by molar-refractivity contribution is 0.510. The molecule has 0 aliphatic heterocycles. The van der Waals surface area contributed by atoms with Crippen LogP contribution < -0.4 is 0 Å². The predicted molar refractivity (Wildman–Crippen MR) is 76.1 cm³/mol. The highest BCUT2D eigenvalue weighted by atomic mass is 32.1. The first-order chi connectivity index (χ1) is 8.27. The van der Waals surface area contributed by atoms with Crippen molar-refractivity contribution < 1.29 is 0 Å². The molecule has 0 amide bonds. The van der Waals surface area contributed by atoms with E-state index in [-0.39, 0.29) is 0 Å². The molecule has 0 bridgehead atoms. The molecule has 1 nitrogen and oxygen atoms in total. The smallest absolute Gasteiger partial charge is 0.109 e. The maximum atomic E-state index is 5.47. The molecule has 0 N–H and O–H groups in total. The number of thiocarbonyl (C=S) groups is 1. The van der Waals surface area contributed by atoms with Crippen LogP contribution in [0, 0.1) is 0 Å². The molecular formula is C15H15NS. The van der Waals surface area contributed by atoms with Crippen LogP contribution in [0.2, 0.25) is 0 Å². The average Bonchev–Trinajstić information content (AvgIpc) is 2.40. The van der Waals surface area contributed by atoms with Crippen LogP contribution >= 0.6 is 12.2 Å². The van der Waals surface area contributed by atoms with Gasteiger partial charge in [-0.25, -0.2) is 0 Å². The Morgan fingerprint density at radius 3 is 2.06 bits per heavy atom. The van der Waals surface area contributed by atoms with E-state index in [0.29, 0.717) is 0 Å². The van der Waals surface area contributed by atoms with E-state index in [1.807, 2.05) is 43.4 Å². The number of hydrogen-bond donors (Lipinski definition) is 0. The average molecular weight is 241 g/mol. The molecule has 0 spiro atoms. The van der Waals surface area contributed by atoms with Crippen molar-refractivity contribution in [1.29, 1.82) is 0 Å². The molecule has 0 aliphatic rings. The molecule has 17 heavy (non-hydrogen) atoms. The molecule has 2 heteroatoms. The van der Waals surface area contributed by atoms with Gasteiger partial charge in [-0.15, -0.1) is 0 Å². The summed E-state index contributed by atoms with van der Waals surface area (Å²) in [7, 11) is 2.03. The van der Waals surface area contributed by atoms with Gasteiger partial charge in [-0.3, -0.25) is 0 Å². The summed E-state index contributed by atoms with van der Waals surface area (Å²) in [5.41, 5.74) is 2.37. The fourth-order valence-corrected chi connectivity index (χ4v) is 1.93. The van der Waals surface area contributed by atoms with Gasteiger partial charge in [0.25, 0.3) is 0 Å². The van der Waals surface area contributed by atoms with E-state index in [9.17, 15) is 0 Å². The van der Waals surface area contributed by atoms with Crippen LogP contribution in [0.5, 0.6) is 0 Å². The molecule has 0 atom stereocenters. The Bertz CT molecular complexity index is 479. The third-order valence-electron chi connectivity index (χ3n) is 2.63. The minimum absolute atomic E-state index is 0.842. The molecule has 0 saturated carbocycles. The van der Waals surface area contributed by atoms with Gasteiger partial charge in [-0.1, -0.05) is 72.9 Å². The fraction of sp³-hybridized carbons (Fsp3) is 0.133. The van der Waals surface area contributed by atoms with E-state index < -0.39 is 0 Å². The van der Waals surface area contributed by atoms with Gasteiger partial charge in [0.05, 0.1) is 0 Å². The second-order valence-electron chi connectivity index (χ2n) is 4.01. The van der Waals surface area contributed by atoms with E-state index >= 15 is 0 Å². The lowest BCUT2D eigenvalue weighted by Crippen LogP contribution is -2.25. The monoisotopic (exact) mass is 241 g/mol. The largest absolute Gasteiger partial charge is 0.361 e. The third-order valence-corrected chi connectivity index (χ3v) is 3.18. The summed E-state index contributed by atoms with van der Waals surface area (Å²) in [4.78, 5) is 2.98. The van der Waals surface area contributed by atoms with Crippen LogP contribution in [0.15, 0.2) is 60.7 Å². The number of nitrogens with zero attached hydrogens (tertiary/aromatic N) is 1. The van der Waals surface area contributed by atoms with Crippen LogP contribution in [0.25, 0.3) is 0 Å². The molecule has 0 fully saturated rings. The Kier molecular flexibility index (Phi) is 3.89. The minimum atomic E-state index is 0.842. The number of rotatable bonds is 3. The summed E-state index contributed by atoms with van der Waals surface area (Å²) in [5, 5.41) is 0. The summed E-state index contributed by atoms with van der Waals surface area (Å²) >= 11 is 5.47. The van der Waals surface area contributed by atoms with Crippen molar-refractivity contribution in [3.05, 3.63) is 71.8 Å². The van der Waals surface area contributed by atoms with E-state index in [1.165, 1.54) is 5.56 Å². The molecule has 0 unspecified atom stereocenters. The van der Waals surface area contributed by atoms with E-state index in [2.05, 4.69) is 29.2 Å². The first-order valence-electron chi connectivity index (χ1n) is 5.62. The van der Waals surface area contributed by atoms with Crippen LogP contribution in [-0.2, 0) is 6.54 Å². The molecule has 0 saturated heterocycles. The van der Waals surface area contributed by atoms with Crippen LogP contribution in [-0.4, -0.2) is 16.9 Å². The third kappa shape index (κ3) is 3.14. The van der Waals surface area contributed by atoms with Gasteiger partial charge in [-0.2, -0.15) is 0 Å². The van der Waals surface area contributed by atoms with E-state index in [0.717, 1.165) is 17.1 Å². The van der Waals surface area contributed by atoms with Crippen molar-refractivity contribution in [3.8, 4) is 0 Å². The molecule has 2 aromatic carbocycles. The van der Waals surface area contributed by atoms with Crippen molar-refractivity contribution in [2.45, 2.75) is 6.54 Å². The molecule has 0 radical (unpaired) electrons. The number of benzene rings is 2. The van der Waals surface area contributed by atoms with Crippen LogP contribution in [0.3, 0.4) is 0 Å². The first kappa shape index (κ1) is 11.8. The highest BCUT2D eigenvalue weighted by molar-refractivity contribution is 7.80. The highest BCUT2D eigenvalue weighted by Crippen LogP contribution is 2.09. The quantitative estimate of drug-likeness (QED) is 0.757. The lowest BCUT2D eigenvalue weighted by atomic mass is 10.2. The predicted octanol–water partition coefficient (Wildman–Crippen LogP) is 3.49. The van der Waals surface area contributed by atoms with Crippen molar-refractivity contribution >= 4 is 17.2 Å². The van der Waals surface area contributed by atoms with Gasteiger partial charge < -0.3 is 4.90 Å². The zero-order chi connectivity index (χ0) is 12.1. The Labute approximate surface area is 108 Å². The van der Waals surface area contributed by atoms with Crippen molar-refractivity contribution in [3.63, 3.8) is 0 Å². The van der Waals surface area contributed by atoms with Gasteiger partial charge in [0.2, 0.25) is 0 Å². The standard InChI is InChI=1S/C15H15NS/c1-16(12-13-8-4-2-5-9-13)15(17)14-10-6-3-7-11-14/h2-11H,12H2,1H3. The van der Waals surface area contributed by atoms with Crippen molar-refractivity contribution in [1.82, 2.24) is 4.90 Å². The first-order valence-corrected chi connectivity index (χ1v) is 6.02. The van der Waals surface area contributed by atoms with E-state index in [4.69, 9.17) is 12.2 Å². The molecule has 0 aromatic heterocycles. The second kappa shape index (κ2) is 5.60. The van der Waals surface area contributed by atoms with Gasteiger partial charge in [-0.05, 0) is 5.56 Å². The van der Waals surface area contributed by atoms with Gasteiger partial charge >= 0.3 is 0 Å². The minimum Gasteiger partial charge on any atom is -0.361 e. The van der Waals surface area contributed by atoms with Crippen molar-refractivity contribution in [2.24, 2.45) is 0 Å². The van der Waals surface area contributed by atoms with Gasteiger partial charge in [0.1, 0.15) is 4.99 Å². The molecule has 86 valence electrons. The Hall–Kier alpha value is -1.67. The fourth-order valence-electron chi connectivity index (χ4n) is 1.73. The molecule has 2 aromatic rings. The molecular weight excluding hydrogens is 226 g/mol. The van der Waals surface area contributed by atoms with Crippen molar-refractivity contribution in [2.75, 3.05) is 7.05 Å². The second-order valence-corrected chi connectivity index (χ2v) is 4.40. The molecule has 2 rings (SSSR count). The van der Waals surface area contributed by atoms with Crippen LogP contribution in [0.4, 0.5) is 0 Å². The summed E-state index contributed by atoms with van der Waals surface area (Å²) < 4.78 is 0. The zero-order valence-electron chi connectivity index (χ0n) is 9.84. The Morgan fingerprint density at radius 2 is 1.47 bits per heavy atom. The van der Waals surface area contributed by atoms with Gasteiger partial charge in [0, 0.05) is 19.2 Å². The highest BCUT2D eigenvalue weighted by Gasteiger charge is 2.06. The SMILES string of the molecule is CN(Cc1ccccc1)C(=S)c1ccccc1. The lowest BCUT2D eigenvalue weighted by Gasteiger charge is -2.20. The Morgan fingerprint density at radius 1 is 0.941 bits per heavy atom.